The number of halogens is 3. The van der Waals surface area contributed by atoms with E-state index < -0.39 is 17.7 Å². The summed E-state index contributed by atoms with van der Waals surface area (Å²) in [6.45, 7) is 2.19. The van der Waals surface area contributed by atoms with E-state index in [9.17, 15) is 18.0 Å². The number of nitrogens with zero attached hydrogens (tertiary/aromatic N) is 1. The molecule has 2 rings (SSSR count). The quantitative estimate of drug-likeness (QED) is 0.543. The van der Waals surface area contributed by atoms with E-state index in [1.807, 2.05) is 6.92 Å². The van der Waals surface area contributed by atoms with Crippen LogP contribution in [0.3, 0.4) is 0 Å². The third-order valence-corrected chi connectivity index (χ3v) is 3.49. The summed E-state index contributed by atoms with van der Waals surface area (Å²) in [5, 5.41) is 0. The van der Waals surface area contributed by atoms with Gasteiger partial charge in [0.1, 0.15) is 0 Å². The van der Waals surface area contributed by atoms with Gasteiger partial charge in [0, 0.05) is 11.8 Å². The van der Waals surface area contributed by atoms with Gasteiger partial charge in [0.25, 0.3) is 0 Å². The number of pyridine rings is 1. The molecule has 0 saturated carbocycles. The number of aromatic nitrogens is 1. The zero-order valence-corrected chi connectivity index (χ0v) is 13.3. The van der Waals surface area contributed by atoms with Crippen LogP contribution in [0.5, 0.6) is 0 Å². The molecule has 0 spiro atoms. The van der Waals surface area contributed by atoms with Gasteiger partial charge in [-0.05, 0) is 30.7 Å². The number of alkyl halides is 3. The molecule has 0 bridgehead atoms. The van der Waals surface area contributed by atoms with Crippen LogP contribution in [0.4, 0.5) is 13.2 Å². The molecule has 1 heterocycles. The Morgan fingerprint density at radius 1 is 1.17 bits per heavy atom. The van der Waals surface area contributed by atoms with Crippen LogP contribution >= 0.6 is 0 Å². The van der Waals surface area contributed by atoms with E-state index in [-0.39, 0.29) is 12.2 Å². The van der Waals surface area contributed by atoms with Crippen molar-refractivity contribution in [2.75, 3.05) is 6.61 Å². The molecule has 0 aliphatic rings. The van der Waals surface area contributed by atoms with Crippen LogP contribution in [0, 0.1) is 0 Å². The zero-order valence-electron chi connectivity index (χ0n) is 13.3. The summed E-state index contributed by atoms with van der Waals surface area (Å²) in [7, 11) is 0. The molecule has 128 valence electrons. The summed E-state index contributed by atoms with van der Waals surface area (Å²) < 4.78 is 44.0. The standard InChI is InChI=1S/C18H18F3NO2/c1-2-3-6-11-24-17(23)15-12-13(18(19,20)21)8-9-14(15)16-7-4-5-10-22-16/h4-5,7-10,12H,2-3,6,11H2,1H3. The van der Waals surface area contributed by atoms with Gasteiger partial charge in [-0.15, -0.1) is 0 Å². The average Bonchev–Trinajstić information content (AvgIpc) is 2.58. The van der Waals surface area contributed by atoms with Crippen LogP contribution in [-0.2, 0) is 10.9 Å². The van der Waals surface area contributed by atoms with Gasteiger partial charge in [0.05, 0.1) is 23.4 Å². The highest BCUT2D eigenvalue weighted by atomic mass is 19.4. The summed E-state index contributed by atoms with van der Waals surface area (Å²) in [6.07, 6.45) is -0.480. The molecule has 3 nitrogen and oxygen atoms in total. The lowest BCUT2D eigenvalue weighted by molar-refractivity contribution is -0.137. The van der Waals surface area contributed by atoms with Crippen molar-refractivity contribution in [1.82, 2.24) is 4.98 Å². The van der Waals surface area contributed by atoms with Crippen molar-refractivity contribution in [3.8, 4) is 11.3 Å². The van der Waals surface area contributed by atoms with E-state index in [2.05, 4.69) is 4.98 Å². The van der Waals surface area contributed by atoms with Crippen LogP contribution in [-0.4, -0.2) is 17.6 Å². The molecule has 0 aliphatic carbocycles. The molecular formula is C18H18F3NO2. The van der Waals surface area contributed by atoms with Crippen molar-refractivity contribution in [3.05, 3.63) is 53.7 Å². The Morgan fingerprint density at radius 2 is 1.96 bits per heavy atom. The fourth-order valence-corrected chi connectivity index (χ4v) is 2.23. The van der Waals surface area contributed by atoms with Crippen LogP contribution < -0.4 is 0 Å². The first-order valence-corrected chi connectivity index (χ1v) is 7.73. The van der Waals surface area contributed by atoms with E-state index in [4.69, 9.17) is 4.74 Å². The SMILES string of the molecule is CCCCCOC(=O)c1cc(C(F)(F)F)ccc1-c1ccccn1. The molecule has 0 N–H and O–H groups in total. The number of benzene rings is 1. The number of carbonyl (C=O) groups excluding carboxylic acids is 1. The van der Waals surface area contributed by atoms with E-state index in [0.29, 0.717) is 17.7 Å². The van der Waals surface area contributed by atoms with Crippen molar-refractivity contribution in [1.29, 1.82) is 0 Å². The summed E-state index contributed by atoms with van der Waals surface area (Å²) >= 11 is 0. The number of rotatable bonds is 6. The number of unbranched alkanes of at least 4 members (excludes halogenated alkanes) is 2. The maximum atomic E-state index is 13.0. The smallest absolute Gasteiger partial charge is 0.416 e. The number of carbonyl (C=O) groups is 1. The second-order valence-corrected chi connectivity index (χ2v) is 5.32. The Morgan fingerprint density at radius 3 is 2.58 bits per heavy atom. The van der Waals surface area contributed by atoms with Gasteiger partial charge in [0.2, 0.25) is 0 Å². The fraction of sp³-hybridized carbons (Fsp3) is 0.333. The predicted molar refractivity (Wildman–Crippen MR) is 84.5 cm³/mol. The molecular weight excluding hydrogens is 319 g/mol. The molecule has 2 aromatic rings. The minimum atomic E-state index is -4.53. The maximum Gasteiger partial charge on any atom is 0.416 e. The van der Waals surface area contributed by atoms with Gasteiger partial charge in [-0.25, -0.2) is 4.79 Å². The Bertz CT molecular complexity index is 684. The first-order valence-electron chi connectivity index (χ1n) is 7.73. The average molecular weight is 337 g/mol. The zero-order chi connectivity index (χ0) is 17.6. The molecule has 1 aromatic heterocycles. The fourth-order valence-electron chi connectivity index (χ4n) is 2.23. The Kier molecular flexibility index (Phi) is 5.95. The number of hydrogen-bond acceptors (Lipinski definition) is 3. The van der Waals surface area contributed by atoms with Crippen LogP contribution in [0.25, 0.3) is 11.3 Å². The monoisotopic (exact) mass is 337 g/mol. The number of esters is 1. The Labute approximate surface area is 138 Å². The van der Waals surface area contributed by atoms with Gasteiger partial charge in [-0.3, -0.25) is 4.98 Å². The number of ether oxygens (including phenoxy) is 1. The van der Waals surface area contributed by atoms with Gasteiger partial charge in [-0.2, -0.15) is 13.2 Å². The molecule has 1 aromatic carbocycles. The van der Waals surface area contributed by atoms with Gasteiger partial charge >= 0.3 is 12.1 Å². The van der Waals surface area contributed by atoms with E-state index in [0.717, 1.165) is 25.0 Å². The van der Waals surface area contributed by atoms with E-state index in [1.165, 1.54) is 12.3 Å². The molecule has 0 radical (unpaired) electrons. The van der Waals surface area contributed by atoms with Crippen molar-refractivity contribution < 1.29 is 22.7 Å². The summed E-state index contributed by atoms with van der Waals surface area (Å²) in [5.74, 6) is -0.766. The largest absolute Gasteiger partial charge is 0.462 e. The van der Waals surface area contributed by atoms with Crippen molar-refractivity contribution >= 4 is 5.97 Å². The second kappa shape index (κ2) is 7.95. The third-order valence-electron chi connectivity index (χ3n) is 3.49. The summed E-state index contributed by atoms with van der Waals surface area (Å²) in [6, 6.07) is 8.06. The normalized spacial score (nSPS) is 11.3. The van der Waals surface area contributed by atoms with Crippen molar-refractivity contribution in [2.45, 2.75) is 32.4 Å². The Hall–Kier alpha value is -2.37. The molecule has 0 amide bonds. The van der Waals surface area contributed by atoms with Gasteiger partial charge < -0.3 is 4.74 Å². The van der Waals surface area contributed by atoms with Gasteiger partial charge in [0.15, 0.2) is 0 Å². The first-order chi connectivity index (χ1) is 11.4. The highest BCUT2D eigenvalue weighted by molar-refractivity contribution is 5.97. The predicted octanol–water partition coefficient (Wildman–Crippen LogP) is 5.11. The molecule has 0 aliphatic heterocycles. The molecule has 0 saturated heterocycles. The van der Waals surface area contributed by atoms with Crippen molar-refractivity contribution in [3.63, 3.8) is 0 Å². The van der Waals surface area contributed by atoms with E-state index in [1.54, 1.807) is 18.2 Å². The topological polar surface area (TPSA) is 39.2 Å². The molecule has 0 atom stereocenters. The summed E-state index contributed by atoms with van der Waals surface area (Å²) in [5.41, 5.74) is -0.265. The van der Waals surface area contributed by atoms with Crippen LogP contribution in [0.2, 0.25) is 0 Å². The highest BCUT2D eigenvalue weighted by Crippen LogP contribution is 2.33. The first kappa shape index (κ1) is 18.0. The van der Waals surface area contributed by atoms with Crippen LogP contribution in [0.1, 0.15) is 42.1 Å². The lowest BCUT2D eigenvalue weighted by atomic mass is 10.0. The molecule has 6 heteroatoms. The minimum Gasteiger partial charge on any atom is -0.462 e. The molecule has 24 heavy (non-hydrogen) atoms. The van der Waals surface area contributed by atoms with Crippen molar-refractivity contribution in [2.24, 2.45) is 0 Å². The summed E-state index contributed by atoms with van der Waals surface area (Å²) in [4.78, 5) is 16.4. The molecule has 0 unspecified atom stereocenters. The van der Waals surface area contributed by atoms with Gasteiger partial charge in [-0.1, -0.05) is 31.9 Å². The lowest BCUT2D eigenvalue weighted by Gasteiger charge is -2.13. The molecule has 0 fully saturated rings. The maximum absolute atomic E-state index is 13.0. The minimum absolute atomic E-state index is 0.125. The third kappa shape index (κ3) is 4.57. The van der Waals surface area contributed by atoms with Crippen LogP contribution in [0.15, 0.2) is 42.6 Å². The number of hydrogen-bond donors (Lipinski definition) is 0. The van der Waals surface area contributed by atoms with E-state index >= 15 is 0 Å². The highest BCUT2D eigenvalue weighted by Gasteiger charge is 2.32. The lowest BCUT2D eigenvalue weighted by Crippen LogP contribution is -2.12. The Balaban J connectivity index is 2.35. The second-order valence-electron chi connectivity index (χ2n) is 5.32.